The quantitative estimate of drug-likeness (QED) is 0.811. The number of aryl methyl sites for hydroxylation is 2. The summed E-state index contributed by atoms with van der Waals surface area (Å²) in [5.74, 6) is 0.768. The standard InChI is InChI=1S/C17H29NO2S/c1-12-5-4-6-16(7-12)20-11-15(19)9-18-10-17-8-13(2)14(3)21-17/h8,12,15-16,18-19H,4-7,9-11H2,1-3H3. The van der Waals surface area contributed by atoms with Gasteiger partial charge in [0.1, 0.15) is 0 Å². The summed E-state index contributed by atoms with van der Waals surface area (Å²) in [6, 6.07) is 2.22. The number of hydrogen-bond acceptors (Lipinski definition) is 4. The first-order chi connectivity index (χ1) is 10.0. The molecule has 0 aromatic carbocycles. The molecule has 3 unspecified atom stereocenters. The third-order valence-electron chi connectivity index (χ3n) is 4.31. The second-order valence-electron chi connectivity index (χ2n) is 6.46. The summed E-state index contributed by atoms with van der Waals surface area (Å²) in [6.45, 7) is 8.46. The monoisotopic (exact) mass is 311 g/mol. The van der Waals surface area contributed by atoms with Crippen molar-refractivity contribution in [2.75, 3.05) is 13.2 Å². The molecule has 120 valence electrons. The highest BCUT2D eigenvalue weighted by Gasteiger charge is 2.20. The van der Waals surface area contributed by atoms with Crippen LogP contribution >= 0.6 is 11.3 Å². The average Bonchev–Trinajstić information content (AvgIpc) is 2.75. The molecule has 1 aliphatic carbocycles. The Labute approximate surface area is 132 Å². The molecule has 0 saturated heterocycles. The predicted octanol–water partition coefficient (Wildman–Crippen LogP) is 3.41. The van der Waals surface area contributed by atoms with Gasteiger partial charge in [-0.05, 0) is 44.2 Å². The highest BCUT2D eigenvalue weighted by molar-refractivity contribution is 7.12. The molecule has 3 nitrogen and oxygen atoms in total. The van der Waals surface area contributed by atoms with E-state index in [-0.39, 0.29) is 0 Å². The van der Waals surface area contributed by atoms with Gasteiger partial charge in [-0.2, -0.15) is 0 Å². The van der Waals surface area contributed by atoms with E-state index in [1.165, 1.54) is 28.2 Å². The SMILES string of the molecule is Cc1cc(CNCC(O)COC2CCCC(C)C2)sc1C. The van der Waals surface area contributed by atoms with Gasteiger partial charge in [-0.3, -0.25) is 0 Å². The van der Waals surface area contributed by atoms with Crippen molar-refractivity contribution in [3.8, 4) is 0 Å². The van der Waals surface area contributed by atoms with Crippen LogP contribution in [0.5, 0.6) is 0 Å². The van der Waals surface area contributed by atoms with Gasteiger partial charge in [-0.25, -0.2) is 0 Å². The number of ether oxygens (including phenoxy) is 1. The van der Waals surface area contributed by atoms with Crippen LogP contribution in [0.1, 0.15) is 47.9 Å². The largest absolute Gasteiger partial charge is 0.389 e. The molecule has 3 atom stereocenters. The minimum Gasteiger partial charge on any atom is -0.389 e. The van der Waals surface area contributed by atoms with E-state index in [1.54, 1.807) is 0 Å². The molecule has 1 aliphatic rings. The van der Waals surface area contributed by atoms with Crippen molar-refractivity contribution in [2.24, 2.45) is 5.92 Å². The Morgan fingerprint density at radius 2 is 2.24 bits per heavy atom. The number of thiophene rings is 1. The molecule has 2 N–H and O–H groups in total. The third-order valence-corrected chi connectivity index (χ3v) is 5.46. The maximum Gasteiger partial charge on any atom is 0.0897 e. The average molecular weight is 311 g/mol. The van der Waals surface area contributed by atoms with E-state index in [9.17, 15) is 5.11 Å². The minimum atomic E-state index is -0.413. The number of aliphatic hydroxyl groups excluding tert-OH is 1. The highest BCUT2D eigenvalue weighted by atomic mass is 32.1. The Kier molecular flexibility index (Phi) is 6.68. The minimum absolute atomic E-state index is 0.353. The molecule has 0 amide bonds. The Morgan fingerprint density at radius 1 is 1.43 bits per heavy atom. The summed E-state index contributed by atoms with van der Waals surface area (Å²) in [5.41, 5.74) is 1.35. The Morgan fingerprint density at radius 3 is 2.90 bits per heavy atom. The van der Waals surface area contributed by atoms with Crippen molar-refractivity contribution in [1.82, 2.24) is 5.32 Å². The second-order valence-corrected chi connectivity index (χ2v) is 7.80. The molecule has 1 fully saturated rings. The lowest BCUT2D eigenvalue weighted by Crippen LogP contribution is -2.32. The molecule has 1 aromatic heterocycles. The zero-order chi connectivity index (χ0) is 15.2. The number of nitrogens with one attached hydrogen (secondary N) is 1. The predicted molar refractivity (Wildman–Crippen MR) is 88.9 cm³/mol. The number of rotatable bonds is 7. The first-order valence-electron chi connectivity index (χ1n) is 8.11. The Bertz CT molecular complexity index is 413. The molecule has 0 bridgehead atoms. The molecular weight excluding hydrogens is 282 g/mol. The summed E-state index contributed by atoms with van der Waals surface area (Å²) < 4.78 is 5.85. The second kappa shape index (κ2) is 8.28. The Hall–Kier alpha value is -0.420. The molecule has 0 radical (unpaired) electrons. The van der Waals surface area contributed by atoms with Crippen molar-refractivity contribution in [1.29, 1.82) is 0 Å². The molecule has 0 spiro atoms. The molecule has 1 saturated carbocycles. The van der Waals surface area contributed by atoms with Gasteiger partial charge in [-0.1, -0.05) is 19.8 Å². The van der Waals surface area contributed by atoms with Gasteiger partial charge < -0.3 is 15.2 Å². The maximum atomic E-state index is 10.00. The summed E-state index contributed by atoms with van der Waals surface area (Å²) >= 11 is 1.83. The van der Waals surface area contributed by atoms with Crippen LogP contribution in [0.2, 0.25) is 0 Å². The van der Waals surface area contributed by atoms with Gasteiger partial charge in [0, 0.05) is 22.8 Å². The smallest absolute Gasteiger partial charge is 0.0897 e. The fourth-order valence-corrected chi connectivity index (χ4v) is 3.96. The molecule has 1 heterocycles. The fraction of sp³-hybridized carbons (Fsp3) is 0.765. The van der Waals surface area contributed by atoms with Crippen molar-refractivity contribution in [3.05, 3.63) is 21.4 Å². The van der Waals surface area contributed by atoms with E-state index in [2.05, 4.69) is 32.2 Å². The number of hydrogen-bond donors (Lipinski definition) is 2. The van der Waals surface area contributed by atoms with Gasteiger partial charge in [0.2, 0.25) is 0 Å². The lowest BCUT2D eigenvalue weighted by atomic mass is 9.89. The van der Waals surface area contributed by atoms with Crippen LogP contribution in [-0.2, 0) is 11.3 Å². The van der Waals surface area contributed by atoms with E-state index in [4.69, 9.17) is 4.74 Å². The van der Waals surface area contributed by atoms with Crippen LogP contribution < -0.4 is 5.32 Å². The molecule has 1 aromatic rings. The summed E-state index contributed by atoms with van der Waals surface area (Å²) in [7, 11) is 0. The van der Waals surface area contributed by atoms with Crippen molar-refractivity contribution >= 4 is 11.3 Å². The normalized spacial score (nSPS) is 24.2. The van der Waals surface area contributed by atoms with E-state index in [0.29, 0.717) is 19.3 Å². The van der Waals surface area contributed by atoms with E-state index >= 15 is 0 Å². The van der Waals surface area contributed by atoms with Crippen molar-refractivity contribution < 1.29 is 9.84 Å². The molecule has 21 heavy (non-hydrogen) atoms. The van der Waals surface area contributed by atoms with Gasteiger partial charge in [0.15, 0.2) is 0 Å². The van der Waals surface area contributed by atoms with Crippen LogP contribution in [-0.4, -0.2) is 30.5 Å². The Balaban J connectivity index is 1.60. The molecule has 2 rings (SSSR count). The topological polar surface area (TPSA) is 41.5 Å². The van der Waals surface area contributed by atoms with Gasteiger partial charge >= 0.3 is 0 Å². The van der Waals surface area contributed by atoms with Crippen LogP contribution in [0.25, 0.3) is 0 Å². The van der Waals surface area contributed by atoms with Crippen LogP contribution in [0.4, 0.5) is 0 Å². The lowest BCUT2D eigenvalue weighted by Gasteiger charge is -2.27. The molecule has 0 aliphatic heterocycles. The maximum absolute atomic E-state index is 10.00. The van der Waals surface area contributed by atoms with Gasteiger partial charge in [-0.15, -0.1) is 11.3 Å². The van der Waals surface area contributed by atoms with E-state index in [0.717, 1.165) is 25.3 Å². The van der Waals surface area contributed by atoms with Crippen LogP contribution in [0.15, 0.2) is 6.07 Å². The fourth-order valence-electron chi connectivity index (χ4n) is 2.93. The summed E-state index contributed by atoms with van der Waals surface area (Å²) in [6.07, 6.45) is 4.82. The third kappa shape index (κ3) is 5.70. The highest BCUT2D eigenvalue weighted by Crippen LogP contribution is 2.25. The zero-order valence-corrected chi connectivity index (χ0v) is 14.3. The van der Waals surface area contributed by atoms with Crippen LogP contribution in [0, 0.1) is 19.8 Å². The van der Waals surface area contributed by atoms with Crippen molar-refractivity contribution in [3.63, 3.8) is 0 Å². The molecule has 4 heteroatoms. The lowest BCUT2D eigenvalue weighted by molar-refractivity contribution is -0.0306. The zero-order valence-electron chi connectivity index (χ0n) is 13.5. The summed E-state index contributed by atoms with van der Waals surface area (Å²) in [4.78, 5) is 2.71. The van der Waals surface area contributed by atoms with Gasteiger partial charge in [0.25, 0.3) is 0 Å². The van der Waals surface area contributed by atoms with E-state index < -0.39 is 6.10 Å². The van der Waals surface area contributed by atoms with Crippen LogP contribution in [0.3, 0.4) is 0 Å². The first kappa shape index (κ1) is 16.9. The van der Waals surface area contributed by atoms with Crippen molar-refractivity contribution in [2.45, 2.75) is 65.2 Å². The molecular formula is C17H29NO2S. The first-order valence-corrected chi connectivity index (χ1v) is 8.92. The summed E-state index contributed by atoms with van der Waals surface area (Å²) in [5, 5.41) is 13.3. The number of aliphatic hydroxyl groups is 1. The van der Waals surface area contributed by atoms with Gasteiger partial charge in [0.05, 0.1) is 18.8 Å². The van der Waals surface area contributed by atoms with E-state index in [1.807, 2.05) is 11.3 Å².